The van der Waals surface area contributed by atoms with Gasteiger partial charge in [0.25, 0.3) is 5.91 Å². The van der Waals surface area contributed by atoms with Crippen LogP contribution in [0, 0.1) is 6.92 Å². The zero-order valence-corrected chi connectivity index (χ0v) is 13.3. The molecule has 23 heavy (non-hydrogen) atoms. The molecule has 1 aliphatic rings. The minimum atomic E-state index is -0.237. The van der Waals surface area contributed by atoms with Crippen LogP contribution in [0.4, 0.5) is 0 Å². The van der Waals surface area contributed by atoms with Crippen LogP contribution >= 0.6 is 0 Å². The van der Waals surface area contributed by atoms with Crippen LogP contribution in [0.2, 0.25) is 0 Å². The summed E-state index contributed by atoms with van der Waals surface area (Å²) in [5, 5.41) is 11.0. The molecule has 7 nitrogen and oxygen atoms in total. The number of benzene rings is 1. The molecule has 0 unspecified atom stereocenters. The second-order valence-electron chi connectivity index (χ2n) is 5.45. The summed E-state index contributed by atoms with van der Waals surface area (Å²) in [6.07, 6.45) is 2.12. The third-order valence-electron chi connectivity index (χ3n) is 3.94. The van der Waals surface area contributed by atoms with Gasteiger partial charge < -0.3 is 14.8 Å². The fraction of sp³-hybridized carbons (Fsp3) is 0.438. The number of rotatable bonds is 5. The lowest BCUT2D eigenvalue weighted by Crippen LogP contribution is -2.32. The lowest BCUT2D eigenvalue weighted by atomic mass is 10.2. The topological polar surface area (TPSA) is 78.3 Å². The van der Waals surface area contributed by atoms with Gasteiger partial charge in [-0.1, -0.05) is 17.3 Å². The van der Waals surface area contributed by atoms with E-state index in [1.165, 1.54) is 0 Å². The SMILES string of the molecule is COc1ccccc1-n1nnc(C(=O)NC[C@@H]2CCCO2)c1C. The van der Waals surface area contributed by atoms with Crippen LogP contribution in [0.25, 0.3) is 5.69 Å². The minimum absolute atomic E-state index is 0.100. The Bertz CT molecular complexity index is 692. The number of amides is 1. The molecule has 2 heterocycles. The average molecular weight is 316 g/mol. The number of carbonyl (C=O) groups excluding carboxylic acids is 1. The molecule has 1 aromatic heterocycles. The molecule has 0 bridgehead atoms. The van der Waals surface area contributed by atoms with E-state index in [0.717, 1.165) is 25.1 Å². The van der Waals surface area contributed by atoms with E-state index in [-0.39, 0.29) is 12.0 Å². The first-order valence-corrected chi connectivity index (χ1v) is 7.66. The molecule has 3 rings (SSSR count). The number of aromatic nitrogens is 3. The summed E-state index contributed by atoms with van der Waals surface area (Å²) in [6.45, 7) is 3.08. The maximum Gasteiger partial charge on any atom is 0.273 e. The predicted octanol–water partition coefficient (Wildman–Crippen LogP) is 1.49. The number of methoxy groups -OCH3 is 1. The zero-order chi connectivity index (χ0) is 16.2. The van der Waals surface area contributed by atoms with Crippen LogP contribution in [0.3, 0.4) is 0 Å². The molecule has 122 valence electrons. The Morgan fingerprint density at radius 1 is 1.48 bits per heavy atom. The van der Waals surface area contributed by atoms with E-state index in [1.807, 2.05) is 31.2 Å². The lowest BCUT2D eigenvalue weighted by molar-refractivity contribution is 0.0853. The van der Waals surface area contributed by atoms with Gasteiger partial charge in [0.2, 0.25) is 0 Å². The van der Waals surface area contributed by atoms with Gasteiger partial charge in [-0.2, -0.15) is 0 Å². The van der Waals surface area contributed by atoms with Gasteiger partial charge in [-0.05, 0) is 31.9 Å². The Kier molecular flexibility index (Phi) is 4.57. The summed E-state index contributed by atoms with van der Waals surface area (Å²) in [6, 6.07) is 7.47. The molecule has 1 atom stereocenters. The highest BCUT2D eigenvalue weighted by atomic mass is 16.5. The quantitative estimate of drug-likeness (QED) is 0.904. The summed E-state index contributed by atoms with van der Waals surface area (Å²) in [7, 11) is 1.60. The summed E-state index contributed by atoms with van der Waals surface area (Å²) in [4.78, 5) is 12.3. The van der Waals surface area contributed by atoms with Crippen molar-refractivity contribution in [1.82, 2.24) is 20.3 Å². The van der Waals surface area contributed by atoms with Crippen molar-refractivity contribution in [3.05, 3.63) is 35.7 Å². The first-order valence-electron chi connectivity index (χ1n) is 7.66. The number of ether oxygens (including phenoxy) is 2. The summed E-state index contributed by atoms with van der Waals surface area (Å²) in [5.41, 5.74) is 1.73. The van der Waals surface area contributed by atoms with E-state index in [4.69, 9.17) is 9.47 Å². The van der Waals surface area contributed by atoms with Gasteiger partial charge in [0.05, 0.1) is 18.9 Å². The van der Waals surface area contributed by atoms with Crippen molar-refractivity contribution in [3.8, 4) is 11.4 Å². The van der Waals surface area contributed by atoms with Crippen molar-refractivity contribution < 1.29 is 14.3 Å². The van der Waals surface area contributed by atoms with Gasteiger partial charge in [0.15, 0.2) is 5.69 Å². The van der Waals surface area contributed by atoms with Crippen molar-refractivity contribution in [1.29, 1.82) is 0 Å². The molecule has 1 N–H and O–H groups in total. The van der Waals surface area contributed by atoms with Crippen molar-refractivity contribution in [2.24, 2.45) is 0 Å². The highest BCUT2D eigenvalue weighted by molar-refractivity contribution is 5.93. The molecule has 0 radical (unpaired) electrons. The fourth-order valence-electron chi connectivity index (χ4n) is 2.67. The monoisotopic (exact) mass is 316 g/mol. The molecule has 1 saturated heterocycles. The van der Waals surface area contributed by atoms with E-state index in [9.17, 15) is 4.79 Å². The Morgan fingerprint density at radius 3 is 3.04 bits per heavy atom. The third kappa shape index (κ3) is 3.19. The number of para-hydroxylation sites is 2. The number of nitrogens with zero attached hydrogens (tertiary/aromatic N) is 3. The van der Waals surface area contributed by atoms with Gasteiger partial charge in [-0.15, -0.1) is 5.10 Å². The first kappa shape index (κ1) is 15.5. The largest absolute Gasteiger partial charge is 0.494 e. The molecule has 2 aromatic rings. The highest BCUT2D eigenvalue weighted by Crippen LogP contribution is 2.23. The molecular formula is C16H20N4O3. The average Bonchev–Trinajstić information content (AvgIpc) is 3.22. The van der Waals surface area contributed by atoms with E-state index in [0.29, 0.717) is 23.7 Å². The van der Waals surface area contributed by atoms with Gasteiger partial charge in [0, 0.05) is 13.2 Å². The predicted molar refractivity (Wildman–Crippen MR) is 84.0 cm³/mol. The normalized spacial score (nSPS) is 17.2. The summed E-state index contributed by atoms with van der Waals surface area (Å²) < 4.78 is 12.4. The Morgan fingerprint density at radius 2 is 2.30 bits per heavy atom. The lowest BCUT2D eigenvalue weighted by Gasteiger charge is -2.10. The Balaban J connectivity index is 1.77. The number of hydrogen-bond donors (Lipinski definition) is 1. The molecule has 0 spiro atoms. The van der Waals surface area contributed by atoms with Crippen LogP contribution in [-0.4, -0.2) is 47.3 Å². The molecule has 1 amide bonds. The first-order chi connectivity index (χ1) is 11.2. The van der Waals surface area contributed by atoms with E-state index in [1.54, 1.807) is 11.8 Å². The van der Waals surface area contributed by atoms with Crippen LogP contribution in [-0.2, 0) is 4.74 Å². The van der Waals surface area contributed by atoms with Gasteiger partial charge in [-0.25, -0.2) is 4.68 Å². The number of carbonyl (C=O) groups is 1. The van der Waals surface area contributed by atoms with E-state index >= 15 is 0 Å². The van der Waals surface area contributed by atoms with Gasteiger partial charge in [-0.3, -0.25) is 4.79 Å². The Labute approximate surface area is 134 Å². The molecule has 7 heteroatoms. The molecule has 0 saturated carbocycles. The second kappa shape index (κ2) is 6.78. The van der Waals surface area contributed by atoms with Crippen molar-refractivity contribution in [2.45, 2.75) is 25.9 Å². The van der Waals surface area contributed by atoms with Crippen molar-refractivity contribution in [3.63, 3.8) is 0 Å². The van der Waals surface area contributed by atoms with Gasteiger partial charge >= 0.3 is 0 Å². The summed E-state index contributed by atoms with van der Waals surface area (Å²) in [5.74, 6) is 0.436. The highest BCUT2D eigenvalue weighted by Gasteiger charge is 2.21. The van der Waals surface area contributed by atoms with Crippen LogP contribution in [0.5, 0.6) is 5.75 Å². The van der Waals surface area contributed by atoms with Crippen LogP contribution < -0.4 is 10.1 Å². The van der Waals surface area contributed by atoms with Crippen molar-refractivity contribution in [2.75, 3.05) is 20.3 Å². The molecule has 0 aliphatic carbocycles. The van der Waals surface area contributed by atoms with Crippen molar-refractivity contribution >= 4 is 5.91 Å². The third-order valence-corrected chi connectivity index (χ3v) is 3.94. The Hall–Kier alpha value is -2.41. The zero-order valence-electron chi connectivity index (χ0n) is 13.3. The van der Waals surface area contributed by atoms with Gasteiger partial charge in [0.1, 0.15) is 11.4 Å². The maximum absolute atomic E-state index is 12.3. The molecule has 1 fully saturated rings. The van der Waals surface area contributed by atoms with Crippen LogP contribution in [0.15, 0.2) is 24.3 Å². The summed E-state index contributed by atoms with van der Waals surface area (Å²) >= 11 is 0. The maximum atomic E-state index is 12.3. The standard InChI is InChI=1S/C16H20N4O3/c1-11-15(16(21)17-10-12-6-5-9-23-12)18-19-20(11)13-7-3-4-8-14(13)22-2/h3-4,7-8,12H,5-6,9-10H2,1-2H3,(H,17,21)/t12-/m0/s1. The number of nitrogens with one attached hydrogen (secondary N) is 1. The number of hydrogen-bond acceptors (Lipinski definition) is 5. The van der Waals surface area contributed by atoms with Crippen LogP contribution in [0.1, 0.15) is 29.0 Å². The smallest absolute Gasteiger partial charge is 0.273 e. The fourth-order valence-corrected chi connectivity index (χ4v) is 2.67. The molecule has 1 aliphatic heterocycles. The molecule has 1 aromatic carbocycles. The molecular weight excluding hydrogens is 296 g/mol. The second-order valence-corrected chi connectivity index (χ2v) is 5.45. The van der Waals surface area contributed by atoms with E-state index in [2.05, 4.69) is 15.6 Å². The van der Waals surface area contributed by atoms with E-state index < -0.39 is 0 Å². The minimum Gasteiger partial charge on any atom is -0.494 e.